The van der Waals surface area contributed by atoms with Gasteiger partial charge in [-0.3, -0.25) is 4.79 Å². The average Bonchev–Trinajstić information content (AvgIpc) is 3.16. The molecular weight excluding hydrogens is 392 g/mol. The highest BCUT2D eigenvalue weighted by Crippen LogP contribution is 2.23. The molecule has 1 unspecified atom stereocenters. The third kappa shape index (κ3) is 6.18. The summed E-state index contributed by atoms with van der Waals surface area (Å²) in [7, 11) is 0. The molecule has 31 heavy (non-hydrogen) atoms. The van der Waals surface area contributed by atoms with Crippen molar-refractivity contribution in [3.05, 3.63) is 72.4 Å². The first-order valence-electron chi connectivity index (χ1n) is 10.2. The van der Waals surface area contributed by atoms with Crippen LogP contribution in [-0.4, -0.2) is 33.4 Å². The van der Waals surface area contributed by atoms with E-state index >= 15 is 0 Å². The predicted octanol–water partition coefficient (Wildman–Crippen LogP) is 4.07. The summed E-state index contributed by atoms with van der Waals surface area (Å²) in [6.07, 6.45) is 1.28. The maximum Gasteiger partial charge on any atom is 0.408 e. The van der Waals surface area contributed by atoms with Gasteiger partial charge in [0.05, 0.1) is 11.4 Å². The Labute approximate surface area is 182 Å². The van der Waals surface area contributed by atoms with Gasteiger partial charge in [0.25, 0.3) is 0 Å². The summed E-state index contributed by atoms with van der Waals surface area (Å²) in [4.78, 5) is 24.5. The van der Waals surface area contributed by atoms with Crippen molar-refractivity contribution in [3.8, 4) is 16.9 Å². The van der Waals surface area contributed by atoms with E-state index in [0.717, 1.165) is 22.5 Å². The molecule has 1 atom stereocenters. The Morgan fingerprint density at radius 3 is 2.26 bits per heavy atom. The van der Waals surface area contributed by atoms with Crippen molar-refractivity contribution in [1.82, 2.24) is 20.4 Å². The summed E-state index contributed by atoms with van der Waals surface area (Å²) in [5.41, 5.74) is 2.92. The van der Waals surface area contributed by atoms with Gasteiger partial charge in [0.15, 0.2) is 0 Å². The van der Waals surface area contributed by atoms with Gasteiger partial charge in [-0.05, 0) is 39.8 Å². The Bertz CT molecular complexity index is 1020. The van der Waals surface area contributed by atoms with E-state index in [0.29, 0.717) is 0 Å². The molecule has 162 valence electrons. The average molecular weight is 421 g/mol. The summed E-state index contributed by atoms with van der Waals surface area (Å²) in [6, 6.07) is 18.9. The van der Waals surface area contributed by atoms with Gasteiger partial charge in [-0.25, -0.2) is 9.48 Å². The number of amides is 2. The van der Waals surface area contributed by atoms with E-state index in [2.05, 4.69) is 10.6 Å². The molecule has 7 nitrogen and oxygen atoms in total. The molecule has 0 aliphatic carbocycles. The van der Waals surface area contributed by atoms with Crippen LogP contribution in [-0.2, 0) is 16.1 Å². The minimum Gasteiger partial charge on any atom is -0.444 e. The van der Waals surface area contributed by atoms with Crippen LogP contribution in [0.3, 0.4) is 0 Å². The van der Waals surface area contributed by atoms with E-state index in [1.807, 2.05) is 66.9 Å². The topological polar surface area (TPSA) is 85.2 Å². The molecule has 0 saturated carbocycles. The standard InChI is InChI=1S/C24H28N4O3/c1-17(26-23(30)31-24(2,3)4)22(29)25-15-19-16-28(20-13-9-6-10-14-20)27-21(19)18-11-7-5-8-12-18/h5-14,16-17H,15H2,1-4H3,(H,25,29)(H,26,30). The lowest BCUT2D eigenvalue weighted by molar-refractivity contribution is -0.122. The van der Waals surface area contributed by atoms with Crippen molar-refractivity contribution < 1.29 is 14.3 Å². The van der Waals surface area contributed by atoms with Crippen LogP contribution >= 0.6 is 0 Å². The van der Waals surface area contributed by atoms with E-state index in [9.17, 15) is 9.59 Å². The highest BCUT2D eigenvalue weighted by molar-refractivity contribution is 5.85. The molecule has 3 aromatic rings. The van der Waals surface area contributed by atoms with Crippen LogP contribution in [0, 0.1) is 0 Å². The second-order valence-electron chi connectivity index (χ2n) is 8.23. The Morgan fingerprint density at radius 1 is 1.03 bits per heavy atom. The number of nitrogens with one attached hydrogen (secondary N) is 2. The molecular formula is C24H28N4O3. The van der Waals surface area contributed by atoms with Crippen molar-refractivity contribution in [2.75, 3.05) is 0 Å². The van der Waals surface area contributed by atoms with E-state index in [4.69, 9.17) is 9.84 Å². The summed E-state index contributed by atoms with van der Waals surface area (Å²) in [5, 5.41) is 10.2. The number of hydrogen-bond acceptors (Lipinski definition) is 4. The quantitative estimate of drug-likeness (QED) is 0.630. The normalized spacial score (nSPS) is 12.1. The van der Waals surface area contributed by atoms with Crippen molar-refractivity contribution in [1.29, 1.82) is 0 Å². The molecule has 1 aromatic heterocycles. The van der Waals surface area contributed by atoms with Crippen molar-refractivity contribution >= 4 is 12.0 Å². The lowest BCUT2D eigenvalue weighted by Crippen LogP contribution is -2.46. The van der Waals surface area contributed by atoms with Gasteiger partial charge in [-0.2, -0.15) is 5.10 Å². The summed E-state index contributed by atoms with van der Waals surface area (Å²) in [5.74, 6) is -0.308. The second kappa shape index (κ2) is 9.47. The third-order valence-electron chi connectivity index (χ3n) is 4.44. The smallest absolute Gasteiger partial charge is 0.408 e. The lowest BCUT2D eigenvalue weighted by atomic mass is 10.1. The summed E-state index contributed by atoms with van der Waals surface area (Å²) < 4.78 is 7.01. The fourth-order valence-corrected chi connectivity index (χ4v) is 2.98. The van der Waals surface area contributed by atoms with E-state index < -0.39 is 17.7 Å². The molecule has 7 heteroatoms. The number of carbonyl (C=O) groups excluding carboxylic acids is 2. The maximum atomic E-state index is 12.5. The maximum absolute atomic E-state index is 12.5. The van der Waals surface area contributed by atoms with E-state index in [1.54, 1.807) is 32.4 Å². The lowest BCUT2D eigenvalue weighted by Gasteiger charge is -2.21. The van der Waals surface area contributed by atoms with Crippen LogP contribution in [0.4, 0.5) is 4.79 Å². The van der Waals surface area contributed by atoms with Gasteiger partial charge < -0.3 is 15.4 Å². The first-order valence-corrected chi connectivity index (χ1v) is 10.2. The molecule has 1 heterocycles. The Hall–Kier alpha value is -3.61. The Kier molecular flexibility index (Phi) is 6.74. The minimum absolute atomic E-state index is 0.274. The van der Waals surface area contributed by atoms with E-state index in [1.165, 1.54) is 0 Å². The highest BCUT2D eigenvalue weighted by Gasteiger charge is 2.21. The molecule has 0 fully saturated rings. The number of nitrogens with zero attached hydrogens (tertiary/aromatic N) is 2. The summed E-state index contributed by atoms with van der Waals surface area (Å²) >= 11 is 0. The molecule has 2 aromatic carbocycles. The van der Waals surface area contributed by atoms with Crippen molar-refractivity contribution in [2.24, 2.45) is 0 Å². The van der Waals surface area contributed by atoms with Crippen LogP contribution in [0.2, 0.25) is 0 Å². The van der Waals surface area contributed by atoms with Gasteiger partial charge in [-0.15, -0.1) is 0 Å². The fraction of sp³-hybridized carbons (Fsp3) is 0.292. The zero-order valence-electron chi connectivity index (χ0n) is 18.3. The summed E-state index contributed by atoms with van der Waals surface area (Å²) in [6.45, 7) is 7.20. The largest absolute Gasteiger partial charge is 0.444 e. The highest BCUT2D eigenvalue weighted by atomic mass is 16.6. The zero-order valence-corrected chi connectivity index (χ0v) is 18.3. The first kappa shape index (κ1) is 22.1. The molecule has 2 amide bonds. The third-order valence-corrected chi connectivity index (χ3v) is 4.44. The Morgan fingerprint density at radius 2 is 1.65 bits per heavy atom. The van der Waals surface area contributed by atoms with Crippen LogP contribution in [0.5, 0.6) is 0 Å². The van der Waals surface area contributed by atoms with Gasteiger partial charge in [0.1, 0.15) is 11.6 Å². The van der Waals surface area contributed by atoms with Crippen molar-refractivity contribution in [2.45, 2.75) is 45.9 Å². The van der Waals surface area contributed by atoms with Gasteiger partial charge >= 0.3 is 6.09 Å². The zero-order chi connectivity index (χ0) is 22.4. The number of benzene rings is 2. The van der Waals surface area contributed by atoms with Crippen LogP contribution < -0.4 is 10.6 Å². The Balaban J connectivity index is 1.74. The van der Waals surface area contributed by atoms with Crippen LogP contribution in [0.1, 0.15) is 33.3 Å². The molecule has 0 radical (unpaired) electrons. The van der Waals surface area contributed by atoms with Gasteiger partial charge in [0, 0.05) is 23.9 Å². The number of alkyl carbamates (subject to hydrolysis) is 1. The van der Waals surface area contributed by atoms with Gasteiger partial charge in [0.2, 0.25) is 5.91 Å². The molecule has 2 N–H and O–H groups in total. The molecule has 0 aliphatic rings. The van der Waals surface area contributed by atoms with Gasteiger partial charge in [-0.1, -0.05) is 48.5 Å². The number of ether oxygens (including phenoxy) is 1. The molecule has 3 rings (SSSR count). The number of hydrogen-bond donors (Lipinski definition) is 2. The van der Waals surface area contributed by atoms with Crippen LogP contribution in [0.25, 0.3) is 16.9 Å². The second-order valence-corrected chi connectivity index (χ2v) is 8.23. The number of para-hydroxylation sites is 1. The molecule has 0 aliphatic heterocycles. The van der Waals surface area contributed by atoms with Crippen molar-refractivity contribution in [3.63, 3.8) is 0 Å². The number of carbonyl (C=O) groups is 2. The SMILES string of the molecule is CC(NC(=O)OC(C)(C)C)C(=O)NCc1cn(-c2ccccc2)nc1-c1ccccc1. The molecule has 0 saturated heterocycles. The predicted molar refractivity (Wildman–Crippen MR) is 120 cm³/mol. The first-order chi connectivity index (χ1) is 14.7. The number of aromatic nitrogens is 2. The molecule has 0 bridgehead atoms. The van der Waals surface area contributed by atoms with Crippen LogP contribution in [0.15, 0.2) is 66.9 Å². The minimum atomic E-state index is -0.737. The monoisotopic (exact) mass is 420 g/mol. The van der Waals surface area contributed by atoms with E-state index in [-0.39, 0.29) is 12.5 Å². The fourth-order valence-electron chi connectivity index (χ4n) is 2.98. The number of rotatable bonds is 6. The molecule has 0 spiro atoms.